The van der Waals surface area contributed by atoms with Crippen molar-refractivity contribution in [3.8, 4) is 0 Å². The SMILES string of the molecule is CN(C)c1ccc(C(=O)N2CCCN(Cc3ccccc3)CC2)cc1. The third-order valence-electron chi connectivity index (χ3n) is 4.76. The molecule has 132 valence electrons. The van der Waals surface area contributed by atoms with Gasteiger partial charge in [-0.3, -0.25) is 9.69 Å². The molecule has 0 N–H and O–H groups in total. The van der Waals surface area contributed by atoms with Crippen molar-refractivity contribution in [2.75, 3.05) is 45.2 Å². The van der Waals surface area contributed by atoms with E-state index in [1.807, 2.05) is 54.2 Å². The maximum atomic E-state index is 12.8. The summed E-state index contributed by atoms with van der Waals surface area (Å²) in [5.41, 5.74) is 3.23. The minimum Gasteiger partial charge on any atom is -0.378 e. The van der Waals surface area contributed by atoms with Gasteiger partial charge < -0.3 is 9.80 Å². The van der Waals surface area contributed by atoms with Gasteiger partial charge in [0.15, 0.2) is 0 Å². The molecule has 0 saturated carbocycles. The number of carbonyl (C=O) groups is 1. The van der Waals surface area contributed by atoms with Crippen molar-refractivity contribution in [2.24, 2.45) is 0 Å². The molecule has 1 fully saturated rings. The van der Waals surface area contributed by atoms with Gasteiger partial charge in [0.05, 0.1) is 0 Å². The Labute approximate surface area is 150 Å². The van der Waals surface area contributed by atoms with Gasteiger partial charge in [0.2, 0.25) is 0 Å². The number of hydrogen-bond donors (Lipinski definition) is 0. The first kappa shape index (κ1) is 17.5. The van der Waals surface area contributed by atoms with E-state index in [0.29, 0.717) is 0 Å². The highest BCUT2D eigenvalue weighted by molar-refractivity contribution is 5.94. The van der Waals surface area contributed by atoms with E-state index in [9.17, 15) is 4.79 Å². The first-order chi connectivity index (χ1) is 12.1. The lowest BCUT2D eigenvalue weighted by atomic mass is 10.1. The molecule has 0 aromatic heterocycles. The van der Waals surface area contributed by atoms with E-state index in [0.717, 1.165) is 50.4 Å². The minimum atomic E-state index is 0.145. The van der Waals surface area contributed by atoms with Crippen LogP contribution in [0.4, 0.5) is 5.69 Å². The molecule has 0 unspecified atom stereocenters. The van der Waals surface area contributed by atoms with Crippen LogP contribution in [0.3, 0.4) is 0 Å². The molecule has 4 heteroatoms. The molecule has 1 aliphatic heterocycles. The number of anilines is 1. The normalized spacial score (nSPS) is 15.7. The molecule has 0 spiro atoms. The van der Waals surface area contributed by atoms with Crippen LogP contribution in [0.15, 0.2) is 54.6 Å². The molecule has 0 bridgehead atoms. The molecule has 1 heterocycles. The second-order valence-corrected chi connectivity index (χ2v) is 6.85. The van der Waals surface area contributed by atoms with Gasteiger partial charge in [0, 0.05) is 58.1 Å². The van der Waals surface area contributed by atoms with Gasteiger partial charge in [0.25, 0.3) is 5.91 Å². The lowest BCUT2D eigenvalue weighted by molar-refractivity contribution is 0.0761. The van der Waals surface area contributed by atoms with Crippen LogP contribution in [0.2, 0.25) is 0 Å². The lowest BCUT2D eigenvalue weighted by Crippen LogP contribution is -2.35. The summed E-state index contributed by atoms with van der Waals surface area (Å²) in [6.45, 7) is 4.55. The molecule has 2 aromatic carbocycles. The van der Waals surface area contributed by atoms with Crippen LogP contribution < -0.4 is 4.90 Å². The summed E-state index contributed by atoms with van der Waals surface area (Å²) in [5.74, 6) is 0.145. The van der Waals surface area contributed by atoms with Crippen molar-refractivity contribution in [1.82, 2.24) is 9.80 Å². The van der Waals surface area contributed by atoms with E-state index < -0.39 is 0 Å². The summed E-state index contributed by atoms with van der Waals surface area (Å²) in [6, 6.07) is 18.4. The highest BCUT2D eigenvalue weighted by Gasteiger charge is 2.20. The average Bonchev–Trinajstić information content (AvgIpc) is 2.88. The zero-order valence-electron chi connectivity index (χ0n) is 15.2. The molecule has 1 amide bonds. The predicted octanol–water partition coefficient (Wildman–Crippen LogP) is 3.10. The Morgan fingerprint density at radius 2 is 1.64 bits per heavy atom. The molecule has 25 heavy (non-hydrogen) atoms. The van der Waals surface area contributed by atoms with Crippen LogP contribution in [-0.4, -0.2) is 56.0 Å². The van der Waals surface area contributed by atoms with E-state index in [2.05, 4.69) is 29.2 Å². The topological polar surface area (TPSA) is 26.8 Å². The van der Waals surface area contributed by atoms with Crippen molar-refractivity contribution < 1.29 is 4.79 Å². The van der Waals surface area contributed by atoms with E-state index in [1.165, 1.54) is 5.56 Å². The zero-order valence-corrected chi connectivity index (χ0v) is 15.2. The Balaban J connectivity index is 1.59. The Morgan fingerprint density at radius 3 is 2.32 bits per heavy atom. The summed E-state index contributed by atoms with van der Waals surface area (Å²) < 4.78 is 0. The van der Waals surface area contributed by atoms with Crippen molar-refractivity contribution in [3.63, 3.8) is 0 Å². The molecular weight excluding hydrogens is 310 g/mol. The van der Waals surface area contributed by atoms with Gasteiger partial charge in [-0.1, -0.05) is 30.3 Å². The summed E-state index contributed by atoms with van der Waals surface area (Å²) in [6.07, 6.45) is 1.02. The van der Waals surface area contributed by atoms with Gasteiger partial charge >= 0.3 is 0 Å². The van der Waals surface area contributed by atoms with Crippen LogP contribution >= 0.6 is 0 Å². The fraction of sp³-hybridized carbons (Fsp3) is 0.381. The van der Waals surface area contributed by atoms with E-state index >= 15 is 0 Å². The Bertz CT molecular complexity index is 682. The first-order valence-electron chi connectivity index (χ1n) is 8.96. The fourth-order valence-electron chi connectivity index (χ4n) is 3.26. The highest BCUT2D eigenvalue weighted by atomic mass is 16.2. The molecule has 0 aliphatic carbocycles. The van der Waals surface area contributed by atoms with Gasteiger partial charge in [-0.25, -0.2) is 0 Å². The smallest absolute Gasteiger partial charge is 0.253 e. The largest absolute Gasteiger partial charge is 0.378 e. The maximum Gasteiger partial charge on any atom is 0.253 e. The maximum absolute atomic E-state index is 12.8. The van der Waals surface area contributed by atoms with Gasteiger partial charge in [-0.15, -0.1) is 0 Å². The molecule has 4 nitrogen and oxygen atoms in total. The lowest BCUT2D eigenvalue weighted by Gasteiger charge is -2.22. The van der Waals surface area contributed by atoms with E-state index in [1.54, 1.807) is 0 Å². The molecule has 1 saturated heterocycles. The molecule has 3 rings (SSSR count). The van der Waals surface area contributed by atoms with Crippen molar-refractivity contribution in [1.29, 1.82) is 0 Å². The Kier molecular flexibility index (Phi) is 5.71. The number of benzene rings is 2. The predicted molar refractivity (Wildman–Crippen MR) is 103 cm³/mol. The number of rotatable bonds is 4. The first-order valence-corrected chi connectivity index (χ1v) is 8.96. The molecular formula is C21H27N3O. The van der Waals surface area contributed by atoms with E-state index in [-0.39, 0.29) is 5.91 Å². The quantitative estimate of drug-likeness (QED) is 0.858. The van der Waals surface area contributed by atoms with Crippen LogP contribution in [0, 0.1) is 0 Å². The Morgan fingerprint density at radius 1 is 0.920 bits per heavy atom. The van der Waals surface area contributed by atoms with Crippen molar-refractivity contribution in [2.45, 2.75) is 13.0 Å². The van der Waals surface area contributed by atoms with Gasteiger partial charge in [0.1, 0.15) is 0 Å². The fourth-order valence-corrected chi connectivity index (χ4v) is 3.26. The number of amides is 1. The number of nitrogens with zero attached hydrogens (tertiary/aromatic N) is 3. The molecule has 0 radical (unpaired) electrons. The monoisotopic (exact) mass is 337 g/mol. The van der Waals surface area contributed by atoms with Crippen molar-refractivity contribution >= 4 is 11.6 Å². The third kappa shape index (κ3) is 4.60. The van der Waals surface area contributed by atoms with Crippen LogP contribution in [-0.2, 0) is 6.54 Å². The van der Waals surface area contributed by atoms with Crippen molar-refractivity contribution in [3.05, 3.63) is 65.7 Å². The Hall–Kier alpha value is -2.33. The number of carbonyl (C=O) groups excluding carboxylic acids is 1. The standard InChI is InChI=1S/C21H27N3O/c1-22(2)20-11-9-19(10-12-20)21(25)24-14-6-13-23(15-16-24)17-18-7-4-3-5-8-18/h3-5,7-12H,6,13-17H2,1-2H3. The second-order valence-electron chi connectivity index (χ2n) is 6.85. The zero-order chi connectivity index (χ0) is 17.6. The molecule has 1 aliphatic rings. The van der Waals surface area contributed by atoms with Crippen LogP contribution in [0.1, 0.15) is 22.3 Å². The second kappa shape index (κ2) is 8.17. The highest BCUT2D eigenvalue weighted by Crippen LogP contribution is 2.15. The summed E-state index contributed by atoms with van der Waals surface area (Å²) in [4.78, 5) is 19.3. The summed E-state index contributed by atoms with van der Waals surface area (Å²) in [5, 5.41) is 0. The molecule has 0 atom stereocenters. The van der Waals surface area contributed by atoms with Crippen LogP contribution in [0.5, 0.6) is 0 Å². The summed E-state index contributed by atoms with van der Waals surface area (Å²) in [7, 11) is 4.01. The number of hydrogen-bond acceptors (Lipinski definition) is 3. The average molecular weight is 337 g/mol. The van der Waals surface area contributed by atoms with Crippen LogP contribution in [0.25, 0.3) is 0 Å². The summed E-state index contributed by atoms with van der Waals surface area (Å²) >= 11 is 0. The van der Waals surface area contributed by atoms with E-state index in [4.69, 9.17) is 0 Å². The minimum absolute atomic E-state index is 0.145. The molecule has 2 aromatic rings. The van der Waals surface area contributed by atoms with Gasteiger partial charge in [-0.05, 0) is 36.2 Å². The third-order valence-corrected chi connectivity index (χ3v) is 4.76. The van der Waals surface area contributed by atoms with Gasteiger partial charge in [-0.2, -0.15) is 0 Å².